The molecule has 0 amide bonds. The largest absolute Gasteiger partial charge is 0.408 e. The Morgan fingerprint density at radius 2 is 1.67 bits per heavy atom. The van der Waals surface area contributed by atoms with Crippen LogP contribution in [-0.4, -0.2) is 48.3 Å². The highest BCUT2D eigenvalue weighted by Crippen LogP contribution is 2.39. The van der Waals surface area contributed by atoms with Gasteiger partial charge in [-0.3, -0.25) is 4.18 Å². The summed E-state index contributed by atoms with van der Waals surface area (Å²) in [5, 5.41) is -0.0502. The molecule has 0 aromatic heterocycles. The first-order chi connectivity index (χ1) is 15.4. The Morgan fingerprint density at radius 3 is 2.27 bits per heavy atom. The summed E-state index contributed by atoms with van der Waals surface area (Å²) in [5.41, 5.74) is 2.04. The summed E-state index contributed by atoms with van der Waals surface area (Å²) in [6.07, 6.45) is -1.70. The number of aryl methyl sites for hydroxylation is 1. The fourth-order valence-electron chi connectivity index (χ4n) is 3.33. The molecule has 0 aliphatic carbocycles. The van der Waals surface area contributed by atoms with Gasteiger partial charge < -0.3 is 13.9 Å². The second-order valence-corrected chi connectivity index (χ2v) is 16.4. The molecular weight excluding hydrogens is 456 g/mol. The number of hydrogen-bond acceptors (Lipinski definition) is 6. The first kappa shape index (κ1) is 26.1. The lowest BCUT2D eigenvalue weighted by atomic mass is 10.1. The van der Waals surface area contributed by atoms with Crippen molar-refractivity contribution in [2.45, 2.75) is 75.6 Å². The summed E-state index contributed by atoms with van der Waals surface area (Å²) in [6, 6.07) is 16.5. The molecule has 0 radical (unpaired) electrons. The van der Waals surface area contributed by atoms with Gasteiger partial charge in [-0.1, -0.05) is 68.8 Å². The highest BCUT2D eigenvalue weighted by atomic mass is 32.2. The van der Waals surface area contributed by atoms with Crippen molar-refractivity contribution in [3.05, 3.63) is 65.7 Å². The molecule has 6 nitrogen and oxygen atoms in total. The monoisotopic (exact) mass is 492 g/mol. The average molecular weight is 493 g/mol. The van der Waals surface area contributed by atoms with Gasteiger partial charge in [0.15, 0.2) is 8.32 Å². The molecule has 1 fully saturated rings. The van der Waals surface area contributed by atoms with E-state index in [4.69, 9.17) is 18.1 Å². The fraction of sp³-hybridized carbons (Fsp3) is 0.520. The molecule has 0 unspecified atom stereocenters. The summed E-state index contributed by atoms with van der Waals surface area (Å²) in [7, 11) is -6.19. The maximum absolute atomic E-state index is 13.0. The highest BCUT2D eigenvalue weighted by Gasteiger charge is 2.48. The molecule has 0 N–H and O–H groups in total. The van der Waals surface area contributed by atoms with E-state index in [-0.39, 0.29) is 16.5 Å². The molecule has 2 aromatic carbocycles. The first-order valence-electron chi connectivity index (χ1n) is 11.3. The lowest BCUT2D eigenvalue weighted by Gasteiger charge is -2.40. The van der Waals surface area contributed by atoms with Crippen molar-refractivity contribution < 1.29 is 26.5 Å². The number of benzene rings is 2. The molecule has 0 saturated carbocycles. The Kier molecular flexibility index (Phi) is 8.19. The summed E-state index contributed by atoms with van der Waals surface area (Å²) >= 11 is 0. The molecule has 0 bridgehead atoms. The molecular formula is C25H36O6SSi. The molecule has 3 atom stereocenters. The number of hydrogen-bond donors (Lipinski definition) is 0. The van der Waals surface area contributed by atoms with Crippen molar-refractivity contribution in [3.63, 3.8) is 0 Å². The van der Waals surface area contributed by atoms with Crippen LogP contribution < -0.4 is 0 Å². The van der Waals surface area contributed by atoms with E-state index in [1.54, 1.807) is 24.3 Å². The van der Waals surface area contributed by atoms with Crippen molar-refractivity contribution in [1.82, 2.24) is 0 Å². The van der Waals surface area contributed by atoms with Crippen molar-refractivity contribution in [1.29, 1.82) is 0 Å². The predicted molar refractivity (Wildman–Crippen MR) is 131 cm³/mol. The van der Waals surface area contributed by atoms with E-state index < -0.39 is 36.7 Å². The van der Waals surface area contributed by atoms with E-state index in [1.807, 2.05) is 37.3 Å². The highest BCUT2D eigenvalue weighted by molar-refractivity contribution is 7.86. The van der Waals surface area contributed by atoms with Gasteiger partial charge in [-0.15, -0.1) is 0 Å². The normalized spacial score (nSPS) is 21.9. The predicted octanol–water partition coefficient (Wildman–Crippen LogP) is 5.07. The molecule has 1 heterocycles. The van der Waals surface area contributed by atoms with E-state index >= 15 is 0 Å². The third kappa shape index (κ3) is 6.74. The van der Waals surface area contributed by atoms with Crippen LogP contribution >= 0.6 is 0 Å². The Bertz CT molecular complexity index is 999. The first-order valence-corrected chi connectivity index (χ1v) is 15.6. The summed E-state index contributed by atoms with van der Waals surface area (Å²) in [4.78, 5) is 0.128. The van der Waals surface area contributed by atoms with Gasteiger partial charge in [0.2, 0.25) is 0 Å². The second-order valence-electron chi connectivity index (χ2n) is 10.1. The third-order valence-corrected chi connectivity index (χ3v) is 12.2. The van der Waals surface area contributed by atoms with Crippen molar-refractivity contribution in [2.24, 2.45) is 0 Å². The molecule has 1 saturated heterocycles. The van der Waals surface area contributed by atoms with Crippen LogP contribution in [0.4, 0.5) is 0 Å². The fourth-order valence-corrected chi connectivity index (χ4v) is 5.74. The topological polar surface area (TPSA) is 71.1 Å². The molecule has 2 aromatic rings. The van der Waals surface area contributed by atoms with Gasteiger partial charge in [-0.05, 0) is 42.8 Å². The standard InChI is InChI=1S/C25H36O6SSi/c1-19-12-14-21(15-13-19)32(26,27)30-23-18-29-22(17-28-16-20-10-8-7-9-11-20)24(23)31-33(5,6)25(2,3)4/h7-15,22-24H,16-18H2,1-6H3/t22-,23+,24+/m0/s1. The molecule has 8 heteroatoms. The number of rotatable bonds is 9. The molecule has 3 rings (SSSR count). The zero-order valence-electron chi connectivity index (χ0n) is 20.4. The molecule has 1 aliphatic rings. The summed E-state index contributed by atoms with van der Waals surface area (Å²) in [6.45, 7) is 13.5. The Hall–Kier alpha value is -1.55. The van der Waals surface area contributed by atoms with Crippen LogP contribution in [0.5, 0.6) is 0 Å². The van der Waals surface area contributed by atoms with Crippen LogP contribution in [0.15, 0.2) is 59.5 Å². The maximum Gasteiger partial charge on any atom is 0.297 e. The average Bonchev–Trinajstić information content (AvgIpc) is 3.08. The minimum Gasteiger partial charge on any atom is -0.408 e. The summed E-state index contributed by atoms with van der Waals surface area (Å²) < 4.78 is 50.1. The lowest BCUT2D eigenvalue weighted by molar-refractivity contribution is -0.0286. The van der Waals surface area contributed by atoms with E-state index in [1.165, 1.54) is 0 Å². The van der Waals surface area contributed by atoms with Crippen LogP contribution in [0, 0.1) is 6.92 Å². The zero-order chi connectivity index (χ0) is 24.3. The zero-order valence-corrected chi connectivity index (χ0v) is 22.2. The maximum atomic E-state index is 13.0. The van der Waals surface area contributed by atoms with Crippen LogP contribution in [0.3, 0.4) is 0 Å². The minimum absolute atomic E-state index is 0.0502. The van der Waals surface area contributed by atoms with Crippen molar-refractivity contribution in [3.8, 4) is 0 Å². The van der Waals surface area contributed by atoms with Gasteiger partial charge >= 0.3 is 0 Å². The molecule has 182 valence electrons. The quantitative estimate of drug-likeness (QED) is 0.359. The Morgan fingerprint density at radius 1 is 1.03 bits per heavy atom. The van der Waals surface area contributed by atoms with Crippen LogP contribution in [-0.2, 0) is 34.8 Å². The van der Waals surface area contributed by atoms with Gasteiger partial charge in [-0.25, -0.2) is 0 Å². The SMILES string of the molecule is Cc1ccc(S(=O)(=O)O[C@@H]2CO[C@@H](COCc3ccccc3)[C@H]2O[Si](C)(C)C(C)(C)C)cc1. The van der Waals surface area contributed by atoms with E-state index in [0.29, 0.717) is 13.2 Å². The second kappa shape index (κ2) is 10.4. The smallest absolute Gasteiger partial charge is 0.297 e. The van der Waals surface area contributed by atoms with Gasteiger partial charge in [0, 0.05) is 0 Å². The summed E-state index contributed by atoms with van der Waals surface area (Å²) in [5.74, 6) is 0. The molecule has 0 spiro atoms. The van der Waals surface area contributed by atoms with Gasteiger partial charge in [0.25, 0.3) is 10.1 Å². The Balaban J connectivity index is 1.75. The van der Waals surface area contributed by atoms with Crippen LogP contribution in [0.25, 0.3) is 0 Å². The Labute approximate surface area is 199 Å². The van der Waals surface area contributed by atoms with E-state index in [9.17, 15) is 8.42 Å². The van der Waals surface area contributed by atoms with Crippen LogP contribution in [0.1, 0.15) is 31.9 Å². The minimum atomic E-state index is -3.96. The van der Waals surface area contributed by atoms with Crippen LogP contribution in [0.2, 0.25) is 18.1 Å². The third-order valence-electron chi connectivity index (χ3n) is 6.40. The molecule has 33 heavy (non-hydrogen) atoms. The van der Waals surface area contributed by atoms with E-state index in [2.05, 4.69) is 33.9 Å². The van der Waals surface area contributed by atoms with Gasteiger partial charge in [0.1, 0.15) is 18.3 Å². The van der Waals surface area contributed by atoms with E-state index in [0.717, 1.165) is 11.1 Å². The van der Waals surface area contributed by atoms with Crippen molar-refractivity contribution >= 4 is 18.4 Å². The molecule has 1 aliphatic heterocycles. The number of ether oxygens (including phenoxy) is 2. The lowest BCUT2D eigenvalue weighted by Crippen LogP contribution is -2.50. The van der Waals surface area contributed by atoms with Crippen molar-refractivity contribution in [2.75, 3.05) is 13.2 Å². The van der Waals surface area contributed by atoms with Gasteiger partial charge in [0.05, 0.1) is 24.7 Å². The van der Waals surface area contributed by atoms with Gasteiger partial charge in [-0.2, -0.15) is 8.42 Å².